The molecule has 2 aromatic carbocycles. The molecule has 2 aliphatic rings. The van der Waals surface area contributed by atoms with Crippen molar-refractivity contribution in [2.75, 3.05) is 43.5 Å². The number of piperazine rings is 1. The Hall–Kier alpha value is -5.51. The van der Waals surface area contributed by atoms with Crippen LogP contribution in [0, 0.1) is 11.7 Å². The van der Waals surface area contributed by atoms with Crippen LogP contribution >= 0.6 is 0 Å². The lowest BCUT2D eigenvalue weighted by Gasteiger charge is -2.34. The molecule has 2 aromatic heterocycles. The van der Waals surface area contributed by atoms with E-state index in [4.69, 9.17) is 9.72 Å². The largest absolute Gasteiger partial charge is 0.453 e. The summed E-state index contributed by atoms with van der Waals surface area (Å²) in [6, 6.07) is 9.57. The molecule has 4 N–H and O–H groups in total. The Bertz CT molecular complexity index is 1980. The summed E-state index contributed by atoms with van der Waals surface area (Å²) in [6.07, 6.45) is -1.24. The summed E-state index contributed by atoms with van der Waals surface area (Å²) in [7, 11) is 1.23. The van der Waals surface area contributed by atoms with E-state index in [9.17, 15) is 27.6 Å². The molecule has 4 heterocycles. The smallest absolute Gasteiger partial charge is 0.417 e. The number of alkyl halides is 3. The SMILES string of the molecule is COC(=O)N[C@H](C(=O)N1CCCC1c1nc(-c2ccc(-c3cc(F)c(NC(=O)c4ccc(N5CCNCC5C)nc4)cc3C(F)(F)F)cc2)c[nH]1)C(C)C. The third-order valence-electron chi connectivity index (χ3n) is 9.80. The summed E-state index contributed by atoms with van der Waals surface area (Å²) in [4.78, 5) is 54.3. The molecule has 0 aliphatic carbocycles. The third kappa shape index (κ3) is 8.17. The predicted molar refractivity (Wildman–Crippen MR) is 194 cm³/mol. The highest BCUT2D eigenvalue weighted by Gasteiger charge is 2.38. The molecule has 6 rings (SSSR count). The van der Waals surface area contributed by atoms with E-state index in [0.717, 1.165) is 32.1 Å². The molecule has 0 saturated carbocycles. The van der Waals surface area contributed by atoms with Crippen LogP contribution in [0.3, 0.4) is 0 Å². The number of H-pyrrole nitrogens is 1. The number of alkyl carbamates (subject to hydrolysis) is 1. The molecule has 286 valence electrons. The lowest BCUT2D eigenvalue weighted by molar-refractivity contribution is -0.137. The van der Waals surface area contributed by atoms with Gasteiger partial charge in [-0.3, -0.25) is 9.59 Å². The number of aromatic amines is 1. The van der Waals surface area contributed by atoms with Crippen LogP contribution < -0.4 is 20.9 Å². The monoisotopic (exact) mass is 750 g/mol. The lowest BCUT2D eigenvalue weighted by atomic mass is 9.96. The number of methoxy groups -OCH3 is 1. The zero-order chi connectivity index (χ0) is 38.7. The fourth-order valence-corrected chi connectivity index (χ4v) is 6.88. The molecule has 0 bridgehead atoms. The van der Waals surface area contributed by atoms with Gasteiger partial charge in [-0.25, -0.2) is 19.2 Å². The van der Waals surface area contributed by atoms with Gasteiger partial charge in [0.1, 0.15) is 23.5 Å². The summed E-state index contributed by atoms with van der Waals surface area (Å²) < 4.78 is 63.3. The van der Waals surface area contributed by atoms with Crippen molar-refractivity contribution in [3.8, 4) is 22.4 Å². The van der Waals surface area contributed by atoms with Crippen LogP contribution in [-0.2, 0) is 15.7 Å². The first-order chi connectivity index (χ1) is 25.7. The van der Waals surface area contributed by atoms with Crippen LogP contribution in [-0.4, -0.2) is 83.1 Å². The lowest BCUT2D eigenvalue weighted by Crippen LogP contribution is -2.51. The van der Waals surface area contributed by atoms with Crippen LogP contribution in [0.5, 0.6) is 0 Å². The van der Waals surface area contributed by atoms with E-state index in [1.54, 1.807) is 29.3 Å². The molecule has 54 heavy (non-hydrogen) atoms. The van der Waals surface area contributed by atoms with Crippen molar-refractivity contribution in [1.82, 2.24) is 30.5 Å². The second-order valence-electron chi connectivity index (χ2n) is 13.8. The summed E-state index contributed by atoms with van der Waals surface area (Å²) in [5.41, 5.74) is -0.893. The number of imidazole rings is 1. The third-order valence-corrected chi connectivity index (χ3v) is 9.80. The molecule has 3 amide bonds. The van der Waals surface area contributed by atoms with Crippen molar-refractivity contribution >= 4 is 29.4 Å². The standard InChI is InChI=1S/C38H42F4N8O4/c1-21(2)33(48-37(53)54-4)36(52)50-14-5-6-31(50)34-45-20-30(46-34)24-9-7-23(8-10-24)26-16-28(39)29(17-27(26)38(40,41)42)47-35(51)25-11-12-32(44-19-25)49-15-13-43-18-22(49)3/h7-12,16-17,19-22,31,33,43H,5-6,13-15,18H2,1-4H3,(H,45,46)(H,47,51)(H,48,53)/t22?,31?,33-/m0/s1. The Kier molecular flexibility index (Phi) is 11.2. The van der Waals surface area contributed by atoms with Crippen molar-refractivity contribution in [2.24, 2.45) is 5.92 Å². The number of hydrogen-bond donors (Lipinski definition) is 4. The Morgan fingerprint density at radius 3 is 2.43 bits per heavy atom. The number of amides is 3. The molecule has 2 saturated heterocycles. The maximum Gasteiger partial charge on any atom is 0.417 e. The molecule has 2 aliphatic heterocycles. The molecular formula is C38H42F4N8O4. The summed E-state index contributed by atoms with van der Waals surface area (Å²) in [5.74, 6) is -1.10. The fraction of sp³-hybridized carbons (Fsp3) is 0.395. The number of nitrogens with one attached hydrogen (secondary N) is 4. The number of benzene rings is 2. The molecule has 0 spiro atoms. The Labute approximate surface area is 309 Å². The van der Waals surface area contributed by atoms with Crippen LogP contribution in [0.15, 0.2) is 60.9 Å². The van der Waals surface area contributed by atoms with Gasteiger partial charge in [0.15, 0.2) is 0 Å². The molecule has 12 nitrogen and oxygen atoms in total. The summed E-state index contributed by atoms with van der Waals surface area (Å²) in [5, 5.41) is 8.17. The highest BCUT2D eigenvalue weighted by Crippen LogP contribution is 2.41. The van der Waals surface area contributed by atoms with Crippen molar-refractivity contribution in [1.29, 1.82) is 0 Å². The maximum atomic E-state index is 15.4. The Morgan fingerprint density at radius 2 is 1.78 bits per heavy atom. The van der Waals surface area contributed by atoms with Crippen LogP contribution in [0.1, 0.15) is 61.4 Å². The van der Waals surface area contributed by atoms with Crippen LogP contribution in [0.4, 0.5) is 33.9 Å². The number of anilines is 2. The quantitative estimate of drug-likeness (QED) is 0.144. The average Bonchev–Trinajstić information content (AvgIpc) is 3.85. The Morgan fingerprint density at radius 1 is 1.04 bits per heavy atom. The minimum atomic E-state index is -4.87. The van der Waals surface area contributed by atoms with Gasteiger partial charge in [-0.1, -0.05) is 38.1 Å². The Balaban J connectivity index is 1.18. The van der Waals surface area contributed by atoms with Crippen molar-refractivity contribution in [3.63, 3.8) is 0 Å². The number of nitrogens with zero attached hydrogens (tertiary/aromatic N) is 4. The number of hydrogen-bond acceptors (Lipinski definition) is 8. The highest BCUT2D eigenvalue weighted by molar-refractivity contribution is 6.04. The normalized spacial score (nSPS) is 18.1. The van der Waals surface area contributed by atoms with Crippen molar-refractivity contribution < 1.29 is 36.7 Å². The van der Waals surface area contributed by atoms with E-state index in [-0.39, 0.29) is 35.0 Å². The van der Waals surface area contributed by atoms with Crippen molar-refractivity contribution in [2.45, 2.75) is 57.9 Å². The van der Waals surface area contributed by atoms with Gasteiger partial charge in [-0.05, 0) is 61.1 Å². The van der Waals surface area contributed by atoms with Gasteiger partial charge in [0.05, 0.1) is 35.7 Å². The second kappa shape index (κ2) is 15.8. The predicted octanol–water partition coefficient (Wildman–Crippen LogP) is 6.39. The zero-order valence-electron chi connectivity index (χ0n) is 30.3. The van der Waals surface area contributed by atoms with Gasteiger partial charge in [0.25, 0.3) is 5.91 Å². The number of pyridine rings is 1. The van der Waals surface area contributed by atoms with Crippen LogP contribution in [0.25, 0.3) is 22.4 Å². The number of carbonyl (C=O) groups excluding carboxylic acids is 3. The summed E-state index contributed by atoms with van der Waals surface area (Å²) in [6.45, 7) is 8.45. The number of likely N-dealkylation sites (tertiary alicyclic amines) is 1. The first kappa shape index (κ1) is 38.2. The number of aromatic nitrogens is 3. The minimum absolute atomic E-state index is 0.0678. The molecule has 4 aromatic rings. The zero-order valence-corrected chi connectivity index (χ0v) is 30.3. The van der Waals surface area contributed by atoms with Gasteiger partial charge in [0, 0.05) is 50.2 Å². The number of ether oxygens (including phenoxy) is 1. The van der Waals surface area contributed by atoms with Crippen LogP contribution in [0.2, 0.25) is 0 Å². The van der Waals surface area contributed by atoms with Gasteiger partial charge in [-0.15, -0.1) is 0 Å². The molecule has 0 radical (unpaired) electrons. The number of halogens is 4. The highest BCUT2D eigenvalue weighted by atomic mass is 19.4. The maximum absolute atomic E-state index is 15.4. The molecular weight excluding hydrogens is 708 g/mol. The van der Waals surface area contributed by atoms with E-state index in [1.165, 1.54) is 31.5 Å². The second-order valence-corrected chi connectivity index (χ2v) is 13.8. The fourth-order valence-electron chi connectivity index (χ4n) is 6.88. The average molecular weight is 751 g/mol. The molecule has 16 heteroatoms. The molecule has 2 unspecified atom stereocenters. The van der Waals surface area contributed by atoms with Gasteiger partial charge < -0.3 is 35.5 Å². The van der Waals surface area contributed by atoms with E-state index in [0.29, 0.717) is 41.9 Å². The molecule has 3 atom stereocenters. The van der Waals surface area contributed by atoms with E-state index >= 15 is 4.39 Å². The summed E-state index contributed by atoms with van der Waals surface area (Å²) >= 11 is 0. The first-order valence-electron chi connectivity index (χ1n) is 17.7. The van der Waals surface area contributed by atoms with Gasteiger partial charge in [0.2, 0.25) is 5.91 Å². The topological polar surface area (TPSA) is 145 Å². The van der Waals surface area contributed by atoms with Crippen molar-refractivity contribution in [3.05, 3.63) is 83.7 Å². The van der Waals surface area contributed by atoms with E-state index in [1.807, 2.05) is 20.8 Å². The minimum Gasteiger partial charge on any atom is -0.453 e. The van der Waals surface area contributed by atoms with Gasteiger partial charge in [-0.2, -0.15) is 13.2 Å². The first-order valence-corrected chi connectivity index (χ1v) is 17.7. The number of rotatable bonds is 9. The van der Waals surface area contributed by atoms with E-state index in [2.05, 4.69) is 30.8 Å². The van der Waals surface area contributed by atoms with E-state index < -0.39 is 46.9 Å². The number of carbonyl (C=O) groups is 3. The molecule has 2 fully saturated rings. The van der Waals surface area contributed by atoms with Gasteiger partial charge >= 0.3 is 12.3 Å².